The molecule has 0 amide bonds. The molecule has 1 aromatic heterocycles. The van der Waals surface area contributed by atoms with Gasteiger partial charge in [0.2, 0.25) is 0 Å². The van der Waals surface area contributed by atoms with E-state index < -0.39 is 0 Å². The maximum absolute atomic E-state index is 5.88. The Morgan fingerprint density at radius 2 is 2.00 bits per heavy atom. The molecule has 0 aliphatic heterocycles. The molecule has 0 saturated carbocycles. The first kappa shape index (κ1) is 14.0. The number of nitrogens with one attached hydrogen (secondary N) is 1. The lowest BCUT2D eigenvalue weighted by Crippen LogP contribution is -2.20. The monoisotopic (exact) mass is 274 g/mol. The number of pyridine rings is 1. The van der Waals surface area contributed by atoms with Crippen LogP contribution in [0.25, 0.3) is 0 Å². The summed E-state index contributed by atoms with van der Waals surface area (Å²) in [4.78, 5) is 4.40. The standard InChI is InChI=1S/C16H19ClN2/c1-11-4-5-12(2)13(8-11)9-16(18-3)15-7-6-14(17)10-19-15/h4-8,10,16,18H,9H2,1-3H3. The van der Waals surface area contributed by atoms with Gasteiger partial charge in [-0.3, -0.25) is 4.98 Å². The predicted octanol–water partition coefficient (Wildman–Crippen LogP) is 3.86. The molecule has 3 heteroatoms. The van der Waals surface area contributed by atoms with Gasteiger partial charge in [-0.25, -0.2) is 0 Å². The van der Waals surface area contributed by atoms with Crippen LogP contribution in [0, 0.1) is 13.8 Å². The van der Waals surface area contributed by atoms with Crippen molar-refractivity contribution in [3.8, 4) is 0 Å². The third-order valence-electron chi connectivity index (χ3n) is 3.38. The number of rotatable bonds is 4. The maximum Gasteiger partial charge on any atom is 0.0589 e. The van der Waals surface area contributed by atoms with E-state index in [1.54, 1.807) is 6.20 Å². The van der Waals surface area contributed by atoms with Crippen LogP contribution < -0.4 is 5.32 Å². The van der Waals surface area contributed by atoms with Gasteiger partial charge in [-0.2, -0.15) is 0 Å². The molecule has 2 nitrogen and oxygen atoms in total. The first-order valence-corrected chi connectivity index (χ1v) is 6.83. The topological polar surface area (TPSA) is 24.9 Å². The second kappa shape index (κ2) is 6.18. The number of likely N-dealkylation sites (N-methyl/N-ethyl adjacent to an activating group) is 1. The molecule has 2 aromatic rings. The van der Waals surface area contributed by atoms with E-state index in [0.717, 1.165) is 12.1 Å². The highest BCUT2D eigenvalue weighted by molar-refractivity contribution is 6.30. The average Bonchev–Trinajstić information content (AvgIpc) is 2.41. The largest absolute Gasteiger partial charge is 0.311 e. The van der Waals surface area contributed by atoms with Crippen LogP contribution in [-0.4, -0.2) is 12.0 Å². The summed E-state index contributed by atoms with van der Waals surface area (Å²) >= 11 is 5.88. The molecule has 1 aromatic carbocycles. The molecule has 100 valence electrons. The van der Waals surface area contributed by atoms with Gasteiger partial charge >= 0.3 is 0 Å². The lowest BCUT2D eigenvalue weighted by atomic mass is 9.97. The van der Waals surface area contributed by atoms with Crippen LogP contribution >= 0.6 is 11.6 Å². The summed E-state index contributed by atoms with van der Waals surface area (Å²) in [6.45, 7) is 4.27. The minimum atomic E-state index is 0.206. The van der Waals surface area contributed by atoms with Crippen molar-refractivity contribution in [3.63, 3.8) is 0 Å². The van der Waals surface area contributed by atoms with Gasteiger partial charge in [-0.1, -0.05) is 35.4 Å². The normalized spacial score (nSPS) is 12.4. The highest BCUT2D eigenvalue weighted by Crippen LogP contribution is 2.20. The molecular weight excluding hydrogens is 256 g/mol. The van der Waals surface area contributed by atoms with E-state index in [1.807, 2.05) is 19.2 Å². The van der Waals surface area contributed by atoms with Gasteiger partial charge in [0.05, 0.1) is 16.8 Å². The summed E-state index contributed by atoms with van der Waals surface area (Å²) in [5.74, 6) is 0. The summed E-state index contributed by atoms with van der Waals surface area (Å²) in [6, 6.07) is 10.6. The van der Waals surface area contributed by atoms with E-state index in [-0.39, 0.29) is 6.04 Å². The average molecular weight is 275 g/mol. The summed E-state index contributed by atoms with van der Waals surface area (Å²) in [5, 5.41) is 4.00. The Morgan fingerprint density at radius 1 is 1.21 bits per heavy atom. The molecule has 0 bridgehead atoms. The zero-order valence-electron chi connectivity index (χ0n) is 11.6. The quantitative estimate of drug-likeness (QED) is 0.916. The Labute approximate surface area is 119 Å². The molecule has 0 radical (unpaired) electrons. The van der Waals surface area contributed by atoms with Gasteiger partial charge in [-0.05, 0) is 50.6 Å². The highest BCUT2D eigenvalue weighted by Gasteiger charge is 2.12. The molecule has 2 rings (SSSR count). The fourth-order valence-corrected chi connectivity index (χ4v) is 2.30. The second-order valence-electron chi connectivity index (χ2n) is 4.88. The Hall–Kier alpha value is -1.38. The minimum absolute atomic E-state index is 0.206. The lowest BCUT2D eigenvalue weighted by Gasteiger charge is -2.17. The second-order valence-corrected chi connectivity index (χ2v) is 5.31. The van der Waals surface area contributed by atoms with Gasteiger partial charge in [0.1, 0.15) is 0 Å². The molecule has 1 N–H and O–H groups in total. The van der Waals surface area contributed by atoms with Gasteiger partial charge in [-0.15, -0.1) is 0 Å². The van der Waals surface area contributed by atoms with Crippen LogP contribution in [0.5, 0.6) is 0 Å². The number of hydrogen-bond acceptors (Lipinski definition) is 2. The van der Waals surface area contributed by atoms with Gasteiger partial charge in [0.15, 0.2) is 0 Å². The first-order valence-electron chi connectivity index (χ1n) is 6.45. The zero-order chi connectivity index (χ0) is 13.8. The van der Waals surface area contributed by atoms with E-state index in [0.29, 0.717) is 5.02 Å². The fourth-order valence-electron chi connectivity index (χ4n) is 2.19. The number of halogens is 1. The third kappa shape index (κ3) is 3.55. The molecule has 1 unspecified atom stereocenters. The third-order valence-corrected chi connectivity index (χ3v) is 3.61. The molecule has 19 heavy (non-hydrogen) atoms. The lowest BCUT2D eigenvalue weighted by molar-refractivity contribution is 0.574. The molecule has 0 saturated heterocycles. The van der Waals surface area contributed by atoms with Gasteiger partial charge < -0.3 is 5.32 Å². The maximum atomic E-state index is 5.88. The molecule has 1 heterocycles. The van der Waals surface area contributed by atoms with Crippen molar-refractivity contribution >= 4 is 11.6 Å². The van der Waals surface area contributed by atoms with Crippen LogP contribution in [0.15, 0.2) is 36.5 Å². The summed E-state index contributed by atoms with van der Waals surface area (Å²) in [5.41, 5.74) is 4.99. The summed E-state index contributed by atoms with van der Waals surface area (Å²) in [7, 11) is 1.96. The van der Waals surface area contributed by atoms with Crippen LogP contribution in [0.1, 0.15) is 28.4 Å². The van der Waals surface area contributed by atoms with Crippen LogP contribution in [0.3, 0.4) is 0 Å². The van der Waals surface area contributed by atoms with Crippen LogP contribution in [0.4, 0.5) is 0 Å². The molecule has 0 aliphatic rings. The first-order chi connectivity index (χ1) is 9.10. The summed E-state index contributed by atoms with van der Waals surface area (Å²) < 4.78 is 0. The Morgan fingerprint density at radius 3 is 2.63 bits per heavy atom. The number of aromatic nitrogens is 1. The highest BCUT2D eigenvalue weighted by atomic mass is 35.5. The smallest absolute Gasteiger partial charge is 0.0589 e. The predicted molar refractivity (Wildman–Crippen MR) is 80.7 cm³/mol. The van der Waals surface area contributed by atoms with Gasteiger partial charge in [0, 0.05) is 6.20 Å². The zero-order valence-corrected chi connectivity index (χ0v) is 12.3. The Bertz CT molecular complexity index is 549. The van der Waals surface area contributed by atoms with E-state index in [2.05, 4.69) is 42.3 Å². The van der Waals surface area contributed by atoms with E-state index in [1.165, 1.54) is 16.7 Å². The minimum Gasteiger partial charge on any atom is -0.311 e. The molecular formula is C16H19ClN2. The fraction of sp³-hybridized carbons (Fsp3) is 0.312. The van der Waals surface area contributed by atoms with Crippen molar-refractivity contribution in [1.82, 2.24) is 10.3 Å². The molecule has 0 aliphatic carbocycles. The van der Waals surface area contributed by atoms with Crippen molar-refractivity contribution in [3.05, 3.63) is 63.9 Å². The van der Waals surface area contributed by atoms with Crippen LogP contribution in [0.2, 0.25) is 5.02 Å². The van der Waals surface area contributed by atoms with Crippen molar-refractivity contribution in [2.75, 3.05) is 7.05 Å². The van der Waals surface area contributed by atoms with Crippen molar-refractivity contribution in [2.45, 2.75) is 26.3 Å². The number of hydrogen-bond donors (Lipinski definition) is 1. The number of nitrogens with zero attached hydrogens (tertiary/aromatic N) is 1. The molecule has 0 spiro atoms. The van der Waals surface area contributed by atoms with E-state index >= 15 is 0 Å². The van der Waals surface area contributed by atoms with Gasteiger partial charge in [0.25, 0.3) is 0 Å². The van der Waals surface area contributed by atoms with Crippen LogP contribution in [-0.2, 0) is 6.42 Å². The van der Waals surface area contributed by atoms with E-state index in [9.17, 15) is 0 Å². The van der Waals surface area contributed by atoms with Crippen molar-refractivity contribution < 1.29 is 0 Å². The summed E-state index contributed by atoms with van der Waals surface area (Å²) in [6.07, 6.45) is 2.63. The Balaban J connectivity index is 2.23. The van der Waals surface area contributed by atoms with Crippen molar-refractivity contribution in [2.24, 2.45) is 0 Å². The molecule has 0 fully saturated rings. The SMILES string of the molecule is CNC(Cc1cc(C)ccc1C)c1ccc(Cl)cn1. The number of aryl methyl sites for hydroxylation is 2. The number of benzene rings is 1. The van der Waals surface area contributed by atoms with E-state index in [4.69, 9.17) is 11.6 Å². The Kier molecular flexibility index (Phi) is 4.56. The van der Waals surface area contributed by atoms with Crippen molar-refractivity contribution in [1.29, 1.82) is 0 Å². The molecule has 1 atom stereocenters.